The lowest BCUT2D eigenvalue weighted by Crippen LogP contribution is -2.06. The molecule has 0 bridgehead atoms. The molecule has 0 saturated carbocycles. The Morgan fingerprint density at radius 3 is 2.95 bits per heavy atom. The lowest BCUT2D eigenvalue weighted by molar-refractivity contribution is 0.414. The van der Waals surface area contributed by atoms with Crippen LogP contribution < -0.4 is 10.1 Å². The fraction of sp³-hybridized carbons (Fsp3) is 0.214. The number of pyridine rings is 1. The molecular weight excluding hydrogens is 328 g/mol. The number of halogens is 2. The predicted molar refractivity (Wildman–Crippen MR) is 82.1 cm³/mol. The number of rotatable bonds is 5. The van der Waals surface area contributed by atoms with Gasteiger partial charge in [0.25, 0.3) is 0 Å². The third kappa shape index (κ3) is 4.11. The Balaban J connectivity index is 1.92. The highest BCUT2D eigenvalue weighted by molar-refractivity contribution is 9.10. The molecule has 19 heavy (non-hydrogen) atoms. The first-order valence-corrected chi connectivity index (χ1v) is 7.04. The molecule has 3 nitrogen and oxygen atoms in total. The molecule has 1 aromatic carbocycles. The summed E-state index contributed by atoms with van der Waals surface area (Å²) in [6, 6.07) is 9.86. The molecule has 2 aromatic rings. The summed E-state index contributed by atoms with van der Waals surface area (Å²) in [4.78, 5) is 4.23. The molecule has 5 heteroatoms. The Morgan fingerprint density at radius 1 is 1.37 bits per heavy atom. The van der Waals surface area contributed by atoms with Gasteiger partial charge < -0.3 is 10.1 Å². The molecule has 0 saturated heterocycles. The van der Waals surface area contributed by atoms with Gasteiger partial charge in [0.15, 0.2) is 0 Å². The van der Waals surface area contributed by atoms with Gasteiger partial charge in [-0.25, -0.2) is 4.98 Å². The highest BCUT2D eigenvalue weighted by Crippen LogP contribution is 2.23. The number of nitrogens with one attached hydrogen (secondary N) is 1. The summed E-state index contributed by atoms with van der Waals surface area (Å²) in [5.74, 6) is 1.68. The topological polar surface area (TPSA) is 34.1 Å². The van der Waals surface area contributed by atoms with Crippen molar-refractivity contribution < 1.29 is 4.74 Å². The minimum Gasteiger partial charge on any atom is -0.497 e. The van der Waals surface area contributed by atoms with Crippen LogP contribution in [-0.4, -0.2) is 18.6 Å². The van der Waals surface area contributed by atoms with E-state index in [1.165, 1.54) is 5.56 Å². The number of anilines is 1. The monoisotopic (exact) mass is 340 g/mol. The quantitative estimate of drug-likeness (QED) is 0.886. The van der Waals surface area contributed by atoms with Gasteiger partial charge in [0.05, 0.1) is 16.6 Å². The second kappa shape index (κ2) is 6.78. The number of hydrogen-bond acceptors (Lipinski definition) is 3. The third-order valence-corrected chi connectivity index (χ3v) is 3.46. The van der Waals surface area contributed by atoms with Crippen LogP contribution in [0.1, 0.15) is 5.56 Å². The Kier molecular flexibility index (Phi) is 5.05. The van der Waals surface area contributed by atoms with Crippen molar-refractivity contribution in [2.45, 2.75) is 6.42 Å². The van der Waals surface area contributed by atoms with Crippen molar-refractivity contribution >= 4 is 33.3 Å². The first kappa shape index (κ1) is 14.2. The summed E-state index contributed by atoms with van der Waals surface area (Å²) in [6.45, 7) is 0.792. The Labute approximate surface area is 126 Å². The van der Waals surface area contributed by atoms with Crippen molar-refractivity contribution in [1.82, 2.24) is 4.98 Å². The third-order valence-electron chi connectivity index (χ3n) is 2.65. The van der Waals surface area contributed by atoms with Crippen molar-refractivity contribution in [2.75, 3.05) is 19.0 Å². The molecule has 2 rings (SSSR count). The van der Waals surface area contributed by atoms with Crippen LogP contribution in [-0.2, 0) is 6.42 Å². The fourth-order valence-corrected chi connectivity index (χ4v) is 2.48. The van der Waals surface area contributed by atoms with E-state index < -0.39 is 0 Å². The number of aromatic nitrogens is 1. The van der Waals surface area contributed by atoms with E-state index in [0.29, 0.717) is 5.02 Å². The number of nitrogens with zero attached hydrogens (tertiary/aromatic N) is 1. The normalized spacial score (nSPS) is 10.3. The van der Waals surface area contributed by atoms with Gasteiger partial charge in [0, 0.05) is 12.7 Å². The van der Waals surface area contributed by atoms with Crippen LogP contribution in [0.15, 0.2) is 41.0 Å². The van der Waals surface area contributed by atoms with Crippen LogP contribution in [0.2, 0.25) is 5.02 Å². The van der Waals surface area contributed by atoms with Gasteiger partial charge in [0.1, 0.15) is 11.6 Å². The van der Waals surface area contributed by atoms with Crippen molar-refractivity contribution in [1.29, 1.82) is 0 Å². The smallest absolute Gasteiger partial charge is 0.140 e. The molecule has 0 aliphatic carbocycles. The Morgan fingerprint density at radius 2 is 2.21 bits per heavy atom. The molecule has 1 N–H and O–H groups in total. The molecule has 0 radical (unpaired) electrons. The number of hydrogen-bond donors (Lipinski definition) is 1. The summed E-state index contributed by atoms with van der Waals surface area (Å²) in [5.41, 5.74) is 1.22. The molecule has 0 aliphatic heterocycles. The van der Waals surface area contributed by atoms with E-state index in [-0.39, 0.29) is 0 Å². The van der Waals surface area contributed by atoms with Gasteiger partial charge >= 0.3 is 0 Å². The number of ether oxygens (including phenoxy) is 1. The predicted octanol–water partition coefficient (Wildman–Crippen LogP) is 4.16. The second-order valence-electron chi connectivity index (χ2n) is 4.01. The lowest BCUT2D eigenvalue weighted by atomic mass is 10.1. The zero-order chi connectivity index (χ0) is 13.7. The van der Waals surface area contributed by atoms with E-state index in [4.69, 9.17) is 16.3 Å². The van der Waals surface area contributed by atoms with Crippen molar-refractivity contribution in [3.05, 3.63) is 51.6 Å². The summed E-state index contributed by atoms with van der Waals surface area (Å²) in [5, 5.41) is 3.88. The number of benzene rings is 1. The molecule has 100 valence electrons. The lowest BCUT2D eigenvalue weighted by Gasteiger charge is -2.08. The maximum absolute atomic E-state index is 5.85. The van der Waals surface area contributed by atoms with Gasteiger partial charge in [-0.2, -0.15) is 0 Å². The van der Waals surface area contributed by atoms with Gasteiger partial charge in [-0.05, 0) is 46.1 Å². The first-order valence-electron chi connectivity index (χ1n) is 5.87. The molecular formula is C14H14BrClN2O. The molecule has 0 aliphatic rings. The van der Waals surface area contributed by atoms with Crippen LogP contribution in [0.3, 0.4) is 0 Å². The van der Waals surface area contributed by atoms with Crippen LogP contribution in [0.4, 0.5) is 5.82 Å². The van der Waals surface area contributed by atoms with Crippen molar-refractivity contribution in [3.63, 3.8) is 0 Å². The minimum atomic E-state index is 0.616. The molecule has 0 fully saturated rings. The van der Waals surface area contributed by atoms with Crippen LogP contribution >= 0.6 is 27.5 Å². The SMILES string of the molecule is COc1cccc(CCNc2ncc(Cl)cc2Br)c1. The average molecular weight is 342 g/mol. The molecule has 0 unspecified atom stereocenters. The van der Waals surface area contributed by atoms with E-state index >= 15 is 0 Å². The molecule has 0 atom stereocenters. The van der Waals surface area contributed by atoms with Crippen LogP contribution in [0, 0.1) is 0 Å². The Bertz CT molecular complexity index is 563. The van der Waals surface area contributed by atoms with Crippen molar-refractivity contribution in [3.8, 4) is 5.75 Å². The van der Waals surface area contributed by atoms with Crippen LogP contribution in [0.25, 0.3) is 0 Å². The fourth-order valence-electron chi connectivity index (χ4n) is 1.70. The molecule has 1 heterocycles. The largest absolute Gasteiger partial charge is 0.497 e. The van der Waals surface area contributed by atoms with Crippen LogP contribution in [0.5, 0.6) is 5.75 Å². The summed E-state index contributed by atoms with van der Waals surface area (Å²) in [6.07, 6.45) is 2.52. The standard InChI is InChI=1S/C14H14BrClN2O/c1-19-12-4-2-3-10(7-12)5-6-17-14-13(15)8-11(16)9-18-14/h2-4,7-9H,5-6H2,1H3,(H,17,18). The zero-order valence-corrected chi connectivity index (χ0v) is 12.8. The maximum Gasteiger partial charge on any atom is 0.140 e. The van der Waals surface area contributed by atoms with Gasteiger partial charge in [-0.3, -0.25) is 0 Å². The first-order chi connectivity index (χ1) is 9.19. The van der Waals surface area contributed by atoms with Crippen molar-refractivity contribution in [2.24, 2.45) is 0 Å². The molecule has 1 aromatic heterocycles. The van der Waals surface area contributed by atoms with Gasteiger partial charge in [-0.15, -0.1) is 0 Å². The van der Waals surface area contributed by atoms with Gasteiger partial charge in [0.2, 0.25) is 0 Å². The van der Waals surface area contributed by atoms with E-state index in [9.17, 15) is 0 Å². The summed E-state index contributed by atoms with van der Waals surface area (Å²) in [7, 11) is 1.67. The van der Waals surface area contributed by atoms with E-state index in [2.05, 4.69) is 32.3 Å². The van der Waals surface area contributed by atoms with E-state index in [1.807, 2.05) is 24.3 Å². The molecule has 0 spiro atoms. The second-order valence-corrected chi connectivity index (χ2v) is 5.30. The minimum absolute atomic E-state index is 0.616. The zero-order valence-electron chi connectivity index (χ0n) is 10.5. The summed E-state index contributed by atoms with van der Waals surface area (Å²) >= 11 is 9.27. The highest BCUT2D eigenvalue weighted by Gasteiger charge is 2.02. The van der Waals surface area contributed by atoms with Gasteiger partial charge in [-0.1, -0.05) is 23.7 Å². The number of methoxy groups -OCH3 is 1. The van der Waals surface area contributed by atoms with E-state index in [1.54, 1.807) is 13.3 Å². The summed E-state index contributed by atoms with van der Waals surface area (Å²) < 4.78 is 6.06. The maximum atomic E-state index is 5.85. The van der Waals surface area contributed by atoms with E-state index in [0.717, 1.165) is 29.0 Å². The highest BCUT2D eigenvalue weighted by atomic mass is 79.9. The molecule has 0 amide bonds. The average Bonchev–Trinajstić information content (AvgIpc) is 2.41. The Hall–Kier alpha value is -1.26.